The van der Waals surface area contributed by atoms with Crippen LogP contribution in [0.2, 0.25) is 0 Å². The lowest BCUT2D eigenvalue weighted by atomic mass is 10.1. The molecule has 0 unspecified atom stereocenters. The molecule has 170 valence electrons. The molecule has 2 aromatic rings. The number of esters is 1. The van der Waals surface area contributed by atoms with Gasteiger partial charge in [-0.25, -0.2) is 13.2 Å². The molecule has 33 heavy (non-hydrogen) atoms. The van der Waals surface area contributed by atoms with E-state index in [2.05, 4.69) is 9.71 Å². The van der Waals surface area contributed by atoms with Gasteiger partial charge in [-0.1, -0.05) is 36.4 Å². The fourth-order valence-corrected chi connectivity index (χ4v) is 4.34. The first-order valence-electron chi connectivity index (χ1n) is 10.1. The quantitative estimate of drug-likeness (QED) is 0.649. The van der Waals surface area contributed by atoms with E-state index in [1.807, 2.05) is 0 Å². The molecule has 0 aliphatic carbocycles. The van der Waals surface area contributed by atoms with Gasteiger partial charge in [-0.05, 0) is 24.3 Å². The summed E-state index contributed by atoms with van der Waals surface area (Å²) in [6.07, 6.45) is 3.36. The van der Waals surface area contributed by atoms with Crippen molar-refractivity contribution in [3.8, 4) is 5.75 Å². The maximum absolute atomic E-state index is 13.1. The number of nitrogens with zero attached hydrogens (tertiary/aromatic N) is 2. The second-order valence-electron chi connectivity index (χ2n) is 7.23. The van der Waals surface area contributed by atoms with E-state index in [4.69, 9.17) is 9.47 Å². The van der Waals surface area contributed by atoms with Crippen LogP contribution in [0.5, 0.6) is 5.75 Å². The lowest BCUT2D eigenvalue weighted by molar-refractivity contribution is -0.150. The van der Waals surface area contributed by atoms with E-state index >= 15 is 0 Å². The molecule has 0 aromatic heterocycles. The summed E-state index contributed by atoms with van der Waals surface area (Å²) in [5.41, 5.74) is 0.870. The van der Waals surface area contributed by atoms with Gasteiger partial charge in [0.25, 0.3) is 15.9 Å². The fourth-order valence-electron chi connectivity index (χ4n) is 3.36. The number of sulfonamides is 1. The zero-order valence-electron chi connectivity index (χ0n) is 17.7. The van der Waals surface area contributed by atoms with Gasteiger partial charge in [0.15, 0.2) is 5.84 Å². The largest absolute Gasteiger partial charge is 0.497 e. The number of carbonyl (C=O) groups is 2. The number of ether oxygens (including phenoxy) is 2. The molecule has 2 aliphatic heterocycles. The average molecular weight is 468 g/mol. The van der Waals surface area contributed by atoms with E-state index in [1.165, 1.54) is 13.2 Å². The molecule has 1 amide bonds. The minimum atomic E-state index is -3.69. The van der Waals surface area contributed by atoms with Crippen molar-refractivity contribution in [2.45, 2.75) is 6.10 Å². The van der Waals surface area contributed by atoms with Crippen LogP contribution in [0.4, 0.5) is 5.69 Å². The van der Waals surface area contributed by atoms with Gasteiger partial charge >= 0.3 is 5.97 Å². The van der Waals surface area contributed by atoms with Crippen LogP contribution in [0.1, 0.15) is 11.7 Å². The van der Waals surface area contributed by atoms with Gasteiger partial charge in [0.05, 0.1) is 12.9 Å². The van der Waals surface area contributed by atoms with Crippen molar-refractivity contribution < 1.29 is 27.5 Å². The number of carbonyl (C=O) groups excluding carboxylic acids is 2. The Balaban J connectivity index is 1.61. The second kappa shape index (κ2) is 9.29. The minimum Gasteiger partial charge on any atom is -0.497 e. The molecule has 2 aromatic carbocycles. The van der Waals surface area contributed by atoms with Gasteiger partial charge in [-0.3, -0.25) is 4.79 Å². The Morgan fingerprint density at radius 1 is 1.12 bits per heavy atom. The van der Waals surface area contributed by atoms with Crippen LogP contribution in [0, 0.1) is 0 Å². The molecule has 0 fully saturated rings. The highest BCUT2D eigenvalue weighted by Crippen LogP contribution is 2.25. The number of anilines is 1. The van der Waals surface area contributed by atoms with E-state index in [-0.39, 0.29) is 23.7 Å². The van der Waals surface area contributed by atoms with Gasteiger partial charge in [-0.15, -0.1) is 4.40 Å². The van der Waals surface area contributed by atoms with Crippen LogP contribution in [0.25, 0.3) is 0 Å². The zero-order valence-corrected chi connectivity index (χ0v) is 18.5. The highest BCUT2D eigenvalue weighted by Gasteiger charge is 2.33. The lowest BCUT2D eigenvalue weighted by Crippen LogP contribution is -2.40. The lowest BCUT2D eigenvalue weighted by Gasteiger charge is -2.29. The van der Waals surface area contributed by atoms with Crippen molar-refractivity contribution in [2.75, 3.05) is 24.7 Å². The number of amidine groups is 1. The minimum absolute atomic E-state index is 0.0197. The third kappa shape index (κ3) is 5.12. The molecule has 0 spiro atoms. The predicted octanol–water partition coefficient (Wildman–Crippen LogP) is 2.42. The number of nitrogens with one attached hydrogen (secondary N) is 1. The zero-order chi connectivity index (χ0) is 23.4. The highest BCUT2D eigenvalue weighted by atomic mass is 32.2. The maximum atomic E-state index is 13.1. The Bertz CT molecular complexity index is 1270. The van der Waals surface area contributed by atoms with Crippen LogP contribution in [-0.4, -0.2) is 50.4 Å². The van der Waals surface area contributed by atoms with Gasteiger partial charge in [-0.2, -0.15) is 0 Å². The number of methoxy groups -OCH3 is 1. The van der Waals surface area contributed by atoms with Crippen LogP contribution in [0.15, 0.2) is 82.9 Å². The molecular weight excluding hydrogens is 446 g/mol. The Labute approximate surface area is 191 Å². The number of amides is 1. The number of rotatable bonds is 6. The molecule has 1 N–H and O–H groups in total. The summed E-state index contributed by atoms with van der Waals surface area (Å²) in [7, 11) is -2.18. The van der Waals surface area contributed by atoms with E-state index < -0.39 is 28.0 Å². The van der Waals surface area contributed by atoms with E-state index in [0.29, 0.717) is 17.0 Å². The molecular formula is C23H21N3O6S. The number of hydrogen-bond acceptors (Lipinski definition) is 7. The molecule has 10 heteroatoms. The molecule has 1 atom stereocenters. The fraction of sp³-hybridized carbons (Fsp3) is 0.174. The van der Waals surface area contributed by atoms with E-state index in [9.17, 15) is 18.0 Å². The Morgan fingerprint density at radius 3 is 2.67 bits per heavy atom. The molecule has 2 heterocycles. The number of fused-ring (bicyclic) bond motifs is 1. The van der Waals surface area contributed by atoms with E-state index in [1.54, 1.807) is 71.8 Å². The number of hydrogen-bond donors (Lipinski definition) is 1. The first-order valence-corrected chi connectivity index (χ1v) is 11.7. The van der Waals surface area contributed by atoms with Crippen LogP contribution in [-0.2, 0) is 24.3 Å². The summed E-state index contributed by atoms with van der Waals surface area (Å²) in [6, 6.07) is 15.3. The van der Waals surface area contributed by atoms with Gasteiger partial charge in [0, 0.05) is 30.1 Å². The number of allylic oxidation sites excluding steroid dienone is 2. The monoisotopic (exact) mass is 467 g/mol. The van der Waals surface area contributed by atoms with Crippen LogP contribution >= 0.6 is 0 Å². The Morgan fingerprint density at radius 2 is 1.91 bits per heavy atom. The maximum Gasteiger partial charge on any atom is 0.343 e. The molecule has 9 nitrogen and oxygen atoms in total. The number of benzene rings is 2. The van der Waals surface area contributed by atoms with Gasteiger partial charge in [0.2, 0.25) is 6.10 Å². The summed E-state index contributed by atoms with van der Waals surface area (Å²) in [6.45, 7) is 0.167. The summed E-state index contributed by atoms with van der Waals surface area (Å²) in [5.74, 6) is -1.07. The summed E-state index contributed by atoms with van der Waals surface area (Å²) in [5, 5.41) is 2.73. The van der Waals surface area contributed by atoms with Crippen LogP contribution in [0.3, 0.4) is 0 Å². The third-order valence-corrected chi connectivity index (χ3v) is 6.13. The van der Waals surface area contributed by atoms with Crippen molar-refractivity contribution in [1.29, 1.82) is 0 Å². The van der Waals surface area contributed by atoms with Crippen molar-refractivity contribution in [3.63, 3.8) is 0 Å². The van der Waals surface area contributed by atoms with Crippen molar-refractivity contribution in [3.05, 3.63) is 84.1 Å². The van der Waals surface area contributed by atoms with Gasteiger partial charge < -0.3 is 19.7 Å². The van der Waals surface area contributed by atoms with Gasteiger partial charge in [0.1, 0.15) is 11.3 Å². The predicted molar refractivity (Wildman–Crippen MR) is 122 cm³/mol. The SMILES string of the molecule is COc1cccc(NC(=O)[C@H](OC(=O)C2=CC=CN3CCS(=O)(=O)N=C23)c2ccccc2)c1. The molecule has 0 bridgehead atoms. The smallest absolute Gasteiger partial charge is 0.343 e. The standard InChI is InChI=1S/C23H21N3O6S/c1-31-18-10-5-9-17(15-18)24-22(27)20(16-7-3-2-4-8-16)32-23(28)19-11-6-12-26-13-14-33(29,30)25-21(19)26/h2-12,15,20H,13-14H2,1H3,(H,24,27)/t20-/m1/s1. The molecule has 0 saturated carbocycles. The molecule has 4 rings (SSSR count). The highest BCUT2D eigenvalue weighted by molar-refractivity contribution is 7.90. The first-order chi connectivity index (χ1) is 15.9. The van der Waals surface area contributed by atoms with Crippen molar-refractivity contribution >= 4 is 33.4 Å². The summed E-state index contributed by atoms with van der Waals surface area (Å²) in [4.78, 5) is 27.8. The third-order valence-electron chi connectivity index (χ3n) is 4.98. The van der Waals surface area contributed by atoms with Crippen molar-refractivity contribution in [1.82, 2.24) is 4.90 Å². The topological polar surface area (TPSA) is 114 Å². The average Bonchev–Trinajstić information content (AvgIpc) is 2.82. The van der Waals surface area contributed by atoms with Crippen LogP contribution < -0.4 is 10.1 Å². The summed E-state index contributed by atoms with van der Waals surface area (Å²) < 4.78 is 38.5. The summed E-state index contributed by atoms with van der Waals surface area (Å²) >= 11 is 0. The normalized spacial score (nSPS) is 17.2. The van der Waals surface area contributed by atoms with Crippen molar-refractivity contribution in [2.24, 2.45) is 4.40 Å². The Kier molecular flexibility index (Phi) is 6.27. The molecule has 2 aliphatic rings. The second-order valence-corrected chi connectivity index (χ2v) is 8.99. The molecule has 0 saturated heterocycles. The Hall–Kier alpha value is -3.92. The molecule has 0 radical (unpaired) electrons. The van der Waals surface area contributed by atoms with E-state index in [0.717, 1.165) is 0 Å². The first kappa shape index (κ1) is 22.3.